The number of aromatic carboxylic acids is 1. The van der Waals surface area contributed by atoms with Crippen LogP contribution in [0.1, 0.15) is 54.9 Å². The van der Waals surface area contributed by atoms with E-state index in [9.17, 15) is 9.90 Å². The first-order valence-corrected chi connectivity index (χ1v) is 6.81. The van der Waals surface area contributed by atoms with Gasteiger partial charge in [0.25, 0.3) is 0 Å². The summed E-state index contributed by atoms with van der Waals surface area (Å²) in [6.07, 6.45) is 3.50. The van der Waals surface area contributed by atoms with Gasteiger partial charge in [-0.3, -0.25) is 0 Å². The Labute approximate surface area is 118 Å². The highest BCUT2D eigenvalue weighted by molar-refractivity contribution is 5.88. The molecule has 2 rings (SSSR count). The molecule has 20 heavy (non-hydrogen) atoms. The van der Waals surface area contributed by atoms with Gasteiger partial charge in [-0.1, -0.05) is 27.2 Å². The summed E-state index contributed by atoms with van der Waals surface area (Å²) in [6.45, 7) is 6.17. The van der Waals surface area contributed by atoms with Crippen molar-refractivity contribution in [3.63, 3.8) is 0 Å². The van der Waals surface area contributed by atoms with Gasteiger partial charge in [-0.05, 0) is 30.5 Å². The van der Waals surface area contributed by atoms with Crippen molar-refractivity contribution >= 4 is 5.97 Å². The molecule has 0 radical (unpaired) electrons. The van der Waals surface area contributed by atoms with Gasteiger partial charge in [0.1, 0.15) is 0 Å². The van der Waals surface area contributed by atoms with Gasteiger partial charge in [-0.2, -0.15) is 5.10 Å². The average Bonchev–Trinajstić information content (AvgIpc) is 2.88. The van der Waals surface area contributed by atoms with Crippen molar-refractivity contribution in [1.29, 1.82) is 0 Å². The summed E-state index contributed by atoms with van der Waals surface area (Å²) in [4.78, 5) is 15.7. The highest BCUT2D eigenvalue weighted by atomic mass is 16.4. The zero-order chi connectivity index (χ0) is 14.7. The van der Waals surface area contributed by atoms with Crippen LogP contribution >= 0.6 is 0 Å². The van der Waals surface area contributed by atoms with E-state index in [1.165, 1.54) is 0 Å². The van der Waals surface area contributed by atoms with Crippen molar-refractivity contribution < 1.29 is 9.90 Å². The molecule has 0 spiro atoms. The second-order valence-corrected chi connectivity index (χ2v) is 5.10. The third-order valence-electron chi connectivity index (χ3n) is 3.05. The van der Waals surface area contributed by atoms with E-state index in [0.29, 0.717) is 11.7 Å². The van der Waals surface area contributed by atoms with Crippen LogP contribution in [0.3, 0.4) is 0 Å². The summed E-state index contributed by atoms with van der Waals surface area (Å²) in [7, 11) is 0. The third kappa shape index (κ3) is 3.04. The number of rotatable bonds is 5. The van der Waals surface area contributed by atoms with Gasteiger partial charge < -0.3 is 5.11 Å². The normalized spacial score (nSPS) is 11.0. The van der Waals surface area contributed by atoms with Crippen molar-refractivity contribution in [1.82, 2.24) is 14.8 Å². The molecule has 1 N–H and O–H groups in total. The van der Waals surface area contributed by atoms with Crippen LogP contribution in [0.25, 0.3) is 5.82 Å². The number of carbonyl (C=O) groups is 1. The lowest BCUT2D eigenvalue weighted by Gasteiger charge is -2.06. The maximum atomic E-state index is 11.2. The second kappa shape index (κ2) is 5.86. The van der Waals surface area contributed by atoms with E-state index in [-0.39, 0.29) is 5.56 Å². The van der Waals surface area contributed by atoms with Crippen LogP contribution in [0.5, 0.6) is 0 Å². The lowest BCUT2D eigenvalue weighted by molar-refractivity contribution is 0.0696. The Morgan fingerprint density at radius 1 is 1.40 bits per heavy atom. The van der Waals surface area contributed by atoms with Gasteiger partial charge in [0.05, 0.1) is 11.3 Å². The molecule has 0 aliphatic carbocycles. The van der Waals surface area contributed by atoms with Crippen LogP contribution in [0.4, 0.5) is 0 Å². The largest absolute Gasteiger partial charge is 0.478 e. The topological polar surface area (TPSA) is 68.0 Å². The van der Waals surface area contributed by atoms with Crippen LogP contribution in [0.2, 0.25) is 0 Å². The summed E-state index contributed by atoms with van der Waals surface area (Å²) in [5.74, 6) is -0.0588. The molecule has 0 aliphatic rings. The molecule has 0 saturated carbocycles. The predicted octanol–water partition coefficient (Wildman–Crippen LogP) is 3.04. The Balaban J connectivity index is 2.45. The SMILES string of the molecule is CCCc1cc(C(=O)O)cc(-n2ccc(C(C)C)n2)n1. The molecular weight excluding hydrogens is 254 g/mol. The highest BCUT2D eigenvalue weighted by Crippen LogP contribution is 2.15. The fourth-order valence-corrected chi connectivity index (χ4v) is 1.97. The molecule has 2 aromatic rings. The number of carboxylic acid groups (broad SMARTS) is 1. The van der Waals surface area contributed by atoms with Crippen molar-refractivity contribution in [2.24, 2.45) is 0 Å². The van der Waals surface area contributed by atoms with E-state index in [1.807, 2.05) is 19.2 Å². The summed E-state index contributed by atoms with van der Waals surface area (Å²) in [5.41, 5.74) is 1.99. The molecule has 2 aromatic heterocycles. The lowest BCUT2D eigenvalue weighted by Crippen LogP contribution is -2.07. The smallest absolute Gasteiger partial charge is 0.335 e. The van der Waals surface area contributed by atoms with E-state index in [4.69, 9.17) is 0 Å². The Hall–Kier alpha value is -2.17. The number of hydrogen-bond acceptors (Lipinski definition) is 3. The monoisotopic (exact) mass is 273 g/mol. The van der Waals surface area contributed by atoms with E-state index >= 15 is 0 Å². The van der Waals surface area contributed by atoms with E-state index in [2.05, 4.69) is 23.9 Å². The maximum Gasteiger partial charge on any atom is 0.335 e. The Bertz CT molecular complexity index is 617. The molecule has 0 fully saturated rings. The number of aromatic nitrogens is 3. The minimum absolute atomic E-state index is 0.250. The van der Waals surface area contributed by atoms with Gasteiger partial charge in [0, 0.05) is 11.9 Å². The molecule has 0 bridgehead atoms. The molecule has 0 amide bonds. The van der Waals surface area contributed by atoms with Gasteiger partial charge in [0.15, 0.2) is 5.82 Å². The summed E-state index contributed by atoms with van der Waals surface area (Å²) in [6, 6.07) is 5.11. The molecule has 0 atom stereocenters. The predicted molar refractivity (Wildman–Crippen MR) is 76.4 cm³/mol. The molecule has 0 unspecified atom stereocenters. The van der Waals surface area contributed by atoms with Crippen LogP contribution in [-0.4, -0.2) is 25.8 Å². The standard InChI is InChI=1S/C15H19N3O2/c1-4-5-12-8-11(15(19)20)9-14(16-12)18-7-6-13(17-18)10(2)3/h6-10H,4-5H2,1-3H3,(H,19,20). The number of pyridine rings is 1. The molecule has 106 valence electrons. The highest BCUT2D eigenvalue weighted by Gasteiger charge is 2.11. The second-order valence-electron chi connectivity index (χ2n) is 5.10. The number of aryl methyl sites for hydroxylation is 1. The molecule has 0 aromatic carbocycles. The van der Waals surface area contributed by atoms with E-state index in [1.54, 1.807) is 16.8 Å². The summed E-state index contributed by atoms with van der Waals surface area (Å²) >= 11 is 0. The number of carboxylic acids is 1. The third-order valence-corrected chi connectivity index (χ3v) is 3.05. The fraction of sp³-hybridized carbons (Fsp3) is 0.400. The van der Waals surface area contributed by atoms with Gasteiger partial charge >= 0.3 is 5.97 Å². The van der Waals surface area contributed by atoms with Crippen molar-refractivity contribution in [2.45, 2.75) is 39.5 Å². The minimum atomic E-state index is -0.942. The Morgan fingerprint density at radius 2 is 2.15 bits per heavy atom. The van der Waals surface area contributed by atoms with Crippen LogP contribution in [0, 0.1) is 0 Å². The van der Waals surface area contributed by atoms with E-state index < -0.39 is 5.97 Å². The summed E-state index contributed by atoms with van der Waals surface area (Å²) in [5, 5.41) is 13.6. The first kappa shape index (κ1) is 14.2. The number of hydrogen-bond donors (Lipinski definition) is 1. The quantitative estimate of drug-likeness (QED) is 0.909. The van der Waals surface area contributed by atoms with Gasteiger partial charge in [-0.25, -0.2) is 14.5 Å². The molecular formula is C15H19N3O2. The first-order chi connectivity index (χ1) is 9.51. The molecule has 5 heteroatoms. The first-order valence-electron chi connectivity index (χ1n) is 6.81. The average molecular weight is 273 g/mol. The van der Waals surface area contributed by atoms with Crippen molar-refractivity contribution in [2.75, 3.05) is 0 Å². The Kier molecular flexibility index (Phi) is 4.17. The van der Waals surface area contributed by atoms with Crippen LogP contribution < -0.4 is 0 Å². The maximum absolute atomic E-state index is 11.2. The Morgan fingerprint density at radius 3 is 2.70 bits per heavy atom. The number of nitrogens with zero attached hydrogens (tertiary/aromatic N) is 3. The zero-order valence-electron chi connectivity index (χ0n) is 12.0. The molecule has 2 heterocycles. The fourth-order valence-electron chi connectivity index (χ4n) is 1.97. The molecule has 5 nitrogen and oxygen atoms in total. The van der Waals surface area contributed by atoms with Crippen LogP contribution in [0.15, 0.2) is 24.4 Å². The van der Waals surface area contributed by atoms with Crippen molar-refractivity contribution in [3.8, 4) is 5.82 Å². The van der Waals surface area contributed by atoms with Gasteiger partial charge in [-0.15, -0.1) is 0 Å². The summed E-state index contributed by atoms with van der Waals surface area (Å²) < 4.78 is 1.64. The van der Waals surface area contributed by atoms with Crippen LogP contribution in [-0.2, 0) is 6.42 Å². The molecule has 0 aliphatic heterocycles. The lowest BCUT2D eigenvalue weighted by atomic mass is 10.1. The van der Waals surface area contributed by atoms with E-state index in [0.717, 1.165) is 24.2 Å². The zero-order valence-corrected chi connectivity index (χ0v) is 12.0. The minimum Gasteiger partial charge on any atom is -0.478 e. The molecule has 0 saturated heterocycles. The van der Waals surface area contributed by atoms with Gasteiger partial charge in [0.2, 0.25) is 0 Å². The van der Waals surface area contributed by atoms with Crippen molar-refractivity contribution in [3.05, 3.63) is 41.3 Å².